The zero-order valence-electron chi connectivity index (χ0n) is 6.38. The van der Waals surface area contributed by atoms with E-state index >= 15 is 0 Å². The van der Waals surface area contributed by atoms with Gasteiger partial charge in [-0.15, -0.1) is 0 Å². The Bertz CT molecular complexity index is 258. The summed E-state index contributed by atoms with van der Waals surface area (Å²) in [4.78, 5) is 3.66. The number of thiazole rings is 1. The molecule has 0 aliphatic rings. The smallest absolute Gasteiger partial charge is 0.278 e. The number of rotatable bonds is 3. The summed E-state index contributed by atoms with van der Waals surface area (Å²) in [5, 5.41) is 0.624. The van der Waals surface area contributed by atoms with Gasteiger partial charge in [-0.1, -0.05) is 11.3 Å². The van der Waals surface area contributed by atoms with E-state index in [0.29, 0.717) is 5.00 Å². The van der Waals surface area contributed by atoms with Crippen LogP contribution in [0.25, 0.3) is 0 Å². The van der Waals surface area contributed by atoms with Gasteiger partial charge in [-0.3, -0.25) is 0 Å². The molecule has 0 atom stereocenters. The minimum absolute atomic E-state index is 0.175. The summed E-state index contributed by atoms with van der Waals surface area (Å²) in [6.07, 6.45) is 1.37. The van der Waals surface area contributed by atoms with E-state index in [-0.39, 0.29) is 5.19 Å². The highest BCUT2D eigenvalue weighted by molar-refractivity contribution is 7.17. The first-order chi connectivity index (χ1) is 5.47. The number of ether oxygens (including phenoxy) is 1. The van der Waals surface area contributed by atoms with Gasteiger partial charge in [0.1, 0.15) is 5.00 Å². The van der Waals surface area contributed by atoms with Crippen molar-refractivity contribution in [3.05, 3.63) is 6.20 Å². The van der Waals surface area contributed by atoms with Gasteiger partial charge in [-0.05, 0) is 0 Å². The van der Waals surface area contributed by atoms with Gasteiger partial charge >= 0.3 is 0 Å². The number of hydrogen-bond acceptors (Lipinski definition) is 4. The maximum Gasteiger partial charge on any atom is 0.278 e. The Kier molecular flexibility index (Phi) is 2.46. The Hall–Kier alpha value is -0.910. The number of hydrogen-bond donors (Lipinski definition) is 1. The molecular weight excluding hydrogens is 186 g/mol. The second-order valence-corrected chi connectivity index (χ2v) is 3.41. The fourth-order valence-corrected chi connectivity index (χ4v) is 1.06. The lowest BCUT2D eigenvalue weighted by molar-refractivity contribution is -0.0230. The van der Waals surface area contributed by atoms with E-state index in [2.05, 4.69) is 9.72 Å². The maximum absolute atomic E-state index is 12.2. The number of halogens is 2. The van der Waals surface area contributed by atoms with Crippen molar-refractivity contribution in [3.8, 4) is 5.19 Å². The van der Waals surface area contributed by atoms with Crippen LogP contribution in [0.3, 0.4) is 0 Å². The topological polar surface area (TPSA) is 48.1 Å². The molecule has 0 unspecified atom stereocenters. The van der Waals surface area contributed by atoms with E-state index in [9.17, 15) is 8.78 Å². The summed E-state index contributed by atoms with van der Waals surface area (Å²) in [7, 11) is 0. The fraction of sp³-hybridized carbons (Fsp3) is 0.500. The number of nitrogens with zero attached hydrogens (tertiary/aromatic N) is 1. The minimum atomic E-state index is -2.83. The van der Waals surface area contributed by atoms with Gasteiger partial charge in [-0.2, -0.15) is 0 Å². The highest BCUT2D eigenvalue weighted by Crippen LogP contribution is 2.23. The number of nitrogen functional groups attached to an aromatic ring is 1. The lowest BCUT2D eigenvalue weighted by atomic mass is 10.4. The summed E-state index contributed by atoms with van der Waals surface area (Å²) < 4.78 is 29.1. The minimum Gasteiger partial charge on any atom is -0.464 e. The third-order valence-electron chi connectivity index (χ3n) is 0.951. The number of alkyl halides is 2. The Labute approximate surface area is 72.2 Å². The van der Waals surface area contributed by atoms with E-state index in [1.54, 1.807) is 0 Å². The molecular formula is C6H8F2N2OS. The van der Waals surface area contributed by atoms with Crippen LogP contribution in [0.15, 0.2) is 6.20 Å². The van der Waals surface area contributed by atoms with Crippen LogP contribution in [0.5, 0.6) is 5.19 Å². The molecule has 2 N–H and O–H groups in total. The van der Waals surface area contributed by atoms with Gasteiger partial charge in [0.25, 0.3) is 11.1 Å². The monoisotopic (exact) mass is 194 g/mol. The van der Waals surface area contributed by atoms with E-state index in [0.717, 1.165) is 18.3 Å². The molecule has 0 radical (unpaired) electrons. The highest BCUT2D eigenvalue weighted by Gasteiger charge is 2.22. The van der Waals surface area contributed by atoms with E-state index in [1.807, 2.05) is 0 Å². The molecule has 0 amide bonds. The molecule has 0 saturated heterocycles. The van der Waals surface area contributed by atoms with Crippen LogP contribution in [0.2, 0.25) is 0 Å². The average Bonchev–Trinajstić information content (AvgIpc) is 2.30. The summed E-state index contributed by atoms with van der Waals surface area (Å²) in [6, 6.07) is 0. The van der Waals surface area contributed by atoms with E-state index < -0.39 is 12.5 Å². The summed E-state index contributed by atoms with van der Waals surface area (Å²) in [5.41, 5.74) is 5.31. The third-order valence-corrected chi connectivity index (χ3v) is 1.69. The molecule has 1 aromatic heterocycles. The first-order valence-electron chi connectivity index (χ1n) is 3.19. The number of nitrogens with two attached hydrogens (primary N) is 1. The third kappa shape index (κ3) is 3.00. The fourth-order valence-electron chi connectivity index (χ4n) is 0.525. The molecule has 0 aliphatic heterocycles. The quantitative estimate of drug-likeness (QED) is 0.797. The standard InChI is InChI=1S/C6H8F2N2OS/c1-6(7,8)3-11-5-10-2-4(9)12-5/h2H,3,9H2,1H3. The van der Waals surface area contributed by atoms with Crippen LogP contribution in [0.1, 0.15) is 6.92 Å². The lowest BCUT2D eigenvalue weighted by Gasteiger charge is -2.08. The summed E-state index contributed by atoms with van der Waals surface area (Å²) in [6.45, 7) is 0.115. The molecule has 0 aromatic carbocycles. The predicted octanol–water partition coefficient (Wildman–Crippen LogP) is 1.76. The van der Waals surface area contributed by atoms with Gasteiger partial charge in [-0.25, -0.2) is 13.8 Å². The van der Waals surface area contributed by atoms with Gasteiger partial charge in [0.05, 0.1) is 6.20 Å². The average molecular weight is 194 g/mol. The van der Waals surface area contributed by atoms with Gasteiger partial charge in [0, 0.05) is 6.92 Å². The molecule has 6 heteroatoms. The molecule has 0 fully saturated rings. The first kappa shape index (κ1) is 9.18. The second-order valence-electron chi connectivity index (χ2n) is 2.39. The summed E-state index contributed by atoms with van der Waals surface area (Å²) >= 11 is 1.04. The highest BCUT2D eigenvalue weighted by atomic mass is 32.1. The Morgan fingerprint density at radius 2 is 2.42 bits per heavy atom. The molecule has 0 spiro atoms. The van der Waals surface area contributed by atoms with Crippen molar-refractivity contribution in [1.82, 2.24) is 4.98 Å². The normalized spacial score (nSPS) is 11.6. The van der Waals surface area contributed by atoms with Crippen molar-refractivity contribution >= 4 is 16.3 Å². The van der Waals surface area contributed by atoms with Crippen molar-refractivity contribution < 1.29 is 13.5 Å². The van der Waals surface area contributed by atoms with E-state index in [4.69, 9.17) is 5.73 Å². The van der Waals surface area contributed by atoms with Crippen molar-refractivity contribution in [2.24, 2.45) is 0 Å². The molecule has 0 bridgehead atoms. The number of anilines is 1. The molecule has 0 aliphatic carbocycles. The Morgan fingerprint density at radius 3 is 2.83 bits per heavy atom. The van der Waals surface area contributed by atoms with Gasteiger partial charge < -0.3 is 10.5 Å². The van der Waals surface area contributed by atoms with Gasteiger partial charge in [0.2, 0.25) is 0 Å². The van der Waals surface area contributed by atoms with Crippen LogP contribution < -0.4 is 10.5 Å². The van der Waals surface area contributed by atoms with Crippen molar-refractivity contribution in [2.75, 3.05) is 12.3 Å². The molecule has 1 aromatic rings. The lowest BCUT2D eigenvalue weighted by Crippen LogP contribution is -2.20. The second kappa shape index (κ2) is 3.22. The Morgan fingerprint density at radius 1 is 1.75 bits per heavy atom. The van der Waals surface area contributed by atoms with Crippen molar-refractivity contribution in [2.45, 2.75) is 12.8 Å². The SMILES string of the molecule is CC(F)(F)COc1ncc(N)s1. The van der Waals surface area contributed by atoms with Crippen molar-refractivity contribution in [1.29, 1.82) is 0 Å². The van der Waals surface area contributed by atoms with Crippen LogP contribution in [0, 0.1) is 0 Å². The molecule has 68 valence electrons. The molecule has 0 saturated carbocycles. The van der Waals surface area contributed by atoms with E-state index in [1.165, 1.54) is 6.20 Å². The largest absolute Gasteiger partial charge is 0.464 e. The van der Waals surface area contributed by atoms with Crippen LogP contribution in [0.4, 0.5) is 13.8 Å². The molecule has 1 heterocycles. The number of aromatic nitrogens is 1. The Balaban J connectivity index is 2.44. The summed E-state index contributed by atoms with van der Waals surface area (Å²) in [5.74, 6) is -2.83. The van der Waals surface area contributed by atoms with Crippen LogP contribution in [-0.4, -0.2) is 17.5 Å². The molecule has 12 heavy (non-hydrogen) atoms. The van der Waals surface area contributed by atoms with Gasteiger partial charge in [0.15, 0.2) is 6.61 Å². The predicted molar refractivity (Wildman–Crippen MR) is 42.6 cm³/mol. The van der Waals surface area contributed by atoms with Crippen molar-refractivity contribution in [3.63, 3.8) is 0 Å². The zero-order valence-corrected chi connectivity index (χ0v) is 7.20. The van der Waals surface area contributed by atoms with Crippen LogP contribution >= 0.6 is 11.3 Å². The molecule has 1 rings (SSSR count). The molecule has 3 nitrogen and oxygen atoms in total. The first-order valence-corrected chi connectivity index (χ1v) is 4.01. The van der Waals surface area contributed by atoms with Crippen LogP contribution in [-0.2, 0) is 0 Å². The zero-order chi connectivity index (χ0) is 9.19. The maximum atomic E-state index is 12.2.